The molecule has 0 aliphatic carbocycles. The zero-order valence-corrected chi connectivity index (χ0v) is 11.9. The van der Waals surface area contributed by atoms with Gasteiger partial charge in [0.2, 0.25) is 5.75 Å². The van der Waals surface area contributed by atoms with Crippen LogP contribution in [0.25, 0.3) is 0 Å². The molecule has 0 saturated heterocycles. The molecule has 1 aromatic carbocycles. The van der Waals surface area contributed by atoms with Gasteiger partial charge in [-0.2, -0.15) is 0 Å². The number of H-pyrrole nitrogens is 1. The van der Waals surface area contributed by atoms with Gasteiger partial charge in [0, 0.05) is 18.3 Å². The lowest BCUT2D eigenvalue weighted by Crippen LogP contribution is -2.19. The lowest BCUT2D eigenvalue weighted by molar-refractivity contribution is 0.407. The topological polar surface area (TPSA) is 84.2 Å². The molecule has 0 fully saturated rings. The molecule has 1 heterocycles. The lowest BCUT2D eigenvalue weighted by atomic mass is 10.2. The van der Waals surface area contributed by atoms with Crippen molar-refractivity contribution in [3.8, 4) is 5.75 Å². The number of rotatable bonds is 4. The minimum atomic E-state index is -0.330. The Labute approximate surface area is 121 Å². The monoisotopic (exact) mass is 290 g/mol. The number of anilines is 2. The molecule has 3 N–H and O–H groups in total. The number of thiocarbonyl (C=S) groups is 1. The second-order valence-corrected chi connectivity index (χ2v) is 4.50. The summed E-state index contributed by atoms with van der Waals surface area (Å²) in [6, 6.07) is 7.31. The van der Waals surface area contributed by atoms with Gasteiger partial charge in [-0.1, -0.05) is 12.2 Å². The van der Waals surface area contributed by atoms with Crippen molar-refractivity contribution in [3.05, 3.63) is 46.5 Å². The normalized spacial score (nSPS) is 10.1. The van der Waals surface area contributed by atoms with Crippen LogP contribution in [0.15, 0.2) is 35.4 Å². The molecule has 0 saturated carbocycles. The van der Waals surface area contributed by atoms with Crippen LogP contribution in [0.2, 0.25) is 0 Å². The van der Waals surface area contributed by atoms with E-state index in [1.807, 2.05) is 24.3 Å². The maximum atomic E-state index is 11.7. The Hall–Kier alpha value is -2.41. The third-order valence-electron chi connectivity index (χ3n) is 2.85. The molecule has 0 radical (unpaired) electrons. The van der Waals surface area contributed by atoms with Crippen LogP contribution in [0.4, 0.5) is 11.5 Å². The van der Waals surface area contributed by atoms with Gasteiger partial charge in [-0.05, 0) is 24.3 Å². The van der Waals surface area contributed by atoms with Crippen LogP contribution < -0.4 is 20.9 Å². The first-order chi connectivity index (χ1) is 9.54. The van der Waals surface area contributed by atoms with E-state index in [-0.39, 0.29) is 11.3 Å². The number of aromatic nitrogens is 2. The molecule has 2 rings (SSSR count). The molecule has 0 bridgehead atoms. The highest BCUT2D eigenvalue weighted by atomic mass is 32.1. The van der Waals surface area contributed by atoms with E-state index < -0.39 is 0 Å². The minimum Gasteiger partial charge on any atom is -0.488 e. The fourth-order valence-electron chi connectivity index (χ4n) is 1.77. The number of ether oxygens (including phenoxy) is 1. The van der Waals surface area contributed by atoms with Crippen LogP contribution in [0, 0.1) is 0 Å². The smallest absolute Gasteiger partial charge is 0.295 e. The van der Waals surface area contributed by atoms with E-state index in [9.17, 15) is 4.79 Å². The Morgan fingerprint density at radius 2 is 2.05 bits per heavy atom. The summed E-state index contributed by atoms with van der Waals surface area (Å²) < 4.78 is 5.09. The van der Waals surface area contributed by atoms with E-state index in [1.165, 1.54) is 13.4 Å². The molecule has 0 amide bonds. The first-order valence-electron chi connectivity index (χ1n) is 5.80. The van der Waals surface area contributed by atoms with Crippen molar-refractivity contribution in [2.45, 2.75) is 0 Å². The summed E-state index contributed by atoms with van der Waals surface area (Å²) >= 11 is 4.91. The molecule has 0 unspecified atom stereocenters. The quantitative estimate of drug-likeness (QED) is 0.823. The van der Waals surface area contributed by atoms with Crippen LogP contribution in [0.5, 0.6) is 5.75 Å². The predicted molar refractivity (Wildman–Crippen MR) is 81.8 cm³/mol. The first-order valence-corrected chi connectivity index (χ1v) is 6.20. The maximum Gasteiger partial charge on any atom is 0.295 e. The highest BCUT2D eigenvalue weighted by Crippen LogP contribution is 2.27. The molecule has 104 valence electrons. The highest BCUT2D eigenvalue weighted by Gasteiger charge is 2.14. The van der Waals surface area contributed by atoms with Crippen molar-refractivity contribution < 1.29 is 4.74 Å². The summed E-state index contributed by atoms with van der Waals surface area (Å²) in [5, 5.41) is 0. The fourth-order valence-corrected chi connectivity index (χ4v) is 1.91. The van der Waals surface area contributed by atoms with Gasteiger partial charge >= 0.3 is 0 Å². The first kappa shape index (κ1) is 14.0. The summed E-state index contributed by atoms with van der Waals surface area (Å²) in [6.07, 6.45) is 1.33. The lowest BCUT2D eigenvalue weighted by Gasteiger charge is -2.20. The third-order valence-corrected chi connectivity index (χ3v) is 3.09. The van der Waals surface area contributed by atoms with E-state index in [0.717, 1.165) is 11.3 Å². The van der Waals surface area contributed by atoms with Gasteiger partial charge < -0.3 is 20.4 Å². The molecule has 2 aromatic rings. The predicted octanol–water partition coefficient (Wildman–Crippen LogP) is 1.18. The number of hydrogen-bond donors (Lipinski definition) is 2. The van der Waals surface area contributed by atoms with Crippen molar-refractivity contribution in [2.24, 2.45) is 5.73 Å². The second-order valence-electron chi connectivity index (χ2n) is 4.06. The molecule has 0 aliphatic heterocycles. The number of benzene rings is 1. The average molecular weight is 290 g/mol. The third kappa shape index (κ3) is 2.62. The van der Waals surface area contributed by atoms with E-state index in [1.54, 1.807) is 11.9 Å². The Morgan fingerprint density at radius 3 is 2.60 bits per heavy atom. The fraction of sp³-hybridized carbons (Fsp3) is 0.154. The molecule has 0 aliphatic rings. The Bertz CT molecular complexity index is 682. The van der Waals surface area contributed by atoms with Gasteiger partial charge in [0.25, 0.3) is 5.56 Å². The largest absolute Gasteiger partial charge is 0.488 e. The van der Waals surface area contributed by atoms with E-state index in [2.05, 4.69) is 9.97 Å². The standard InChI is InChI=1S/C13H14N4O2S/c1-17(9-5-3-8(4-6-9)11(14)20)12-10(19-2)13(18)16-7-15-12/h3-7H,1-2H3,(H2,14,20)(H,15,16,18). The second kappa shape index (κ2) is 5.70. The Morgan fingerprint density at radius 1 is 1.40 bits per heavy atom. The molecule has 0 spiro atoms. The van der Waals surface area contributed by atoms with Gasteiger partial charge in [-0.25, -0.2) is 4.98 Å². The van der Waals surface area contributed by atoms with E-state index in [4.69, 9.17) is 22.7 Å². The summed E-state index contributed by atoms with van der Waals surface area (Å²) in [7, 11) is 3.22. The molecule has 7 heteroatoms. The number of methoxy groups -OCH3 is 1. The van der Waals surface area contributed by atoms with Crippen LogP contribution in [0.3, 0.4) is 0 Å². The summed E-state index contributed by atoms with van der Waals surface area (Å²) in [5.74, 6) is 0.591. The Balaban J connectivity index is 2.41. The number of nitrogens with two attached hydrogens (primary N) is 1. The van der Waals surface area contributed by atoms with E-state index in [0.29, 0.717) is 10.8 Å². The van der Waals surface area contributed by atoms with Crippen molar-refractivity contribution in [2.75, 3.05) is 19.1 Å². The Kier molecular flexibility index (Phi) is 3.99. The molecule has 0 atom stereocenters. The minimum absolute atomic E-state index is 0.161. The van der Waals surface area contributed by atoms with Gasteiger partial charge in [0.15, 0.2) is 5.82 Å². The van der Waals surface area contributed by atoms with Gasteiger partial charge in [0.05, 0.1) is 13.4 Å². The number of hydrogen-bond acceptors (Lipinski definition) is 5. The van der Waals surface area contributed by atoms with Crippen LogP contribution in [-0.4, -0.2) is 29.1 Å². The zero-order valence-electron chi connectivity index (χ0n) is 11.1. The number of nitrogens with zero attached hydrogens (tertiary/aromatic N) is 2. The van der Waals surface area contributed by atoms with Crippen molar-refractivity contribution >= 4 is 28.7 Å². The molecule has 1 aromatic heterocycles. The maximum absolute atomic E-state index is 11.7. The van der Waals surface area contributed by atoms with Crippen LogP contribution in [-0.2, 0) is 0 Å². The van der Waals surface area contributed by atoms with Gasteiger partial charge in [-0.15, -0.1) is 0 Å². The average Bonchev–Trinajstić information content (AvgIpc) is 2.46. The van der Waals surface area contributed by atoms with Crippen molar-refractivity contribution in [3.63, 3.8) is 0 Å². The summed E-state index contributed by atoms with van der Waals surface area (Å²) in [6.45, 7) is 0. The van der Waals surface area contributed by atoms with Crippen molar-refractivity contribution in [1.82, 2.24) is 9.97 Å². The molecule has 20 heavy (non-hydrogen) atoms. The molecular weight excluding hydrogens is 276 g/mol. The molecule has 6 nitrogen and oxygen atoms in total. The van der Waals surface area contributed by atoms with Crippen LogP contribution in [0.1, 0.15) is 5.56 Å². The van der Waals surface area contributed by atoms with Gasteiger partial charge in [0.1, 0.15) is 4.99 Å². The van der Waals surface area contributed by atoms with Gasteiger partial charge in [-0.3, -0.25) is 4.79 Å². The molecular formula is C13H14N4O2S. The number of nitrogens with one attached hydrogen (secondary N) is 1. The van der Waals surface area contributed by atoms with Crippen molar-refractivity contribution in [1.29, 1.82) is 0 Å². The van der Waals surface area contributed by atoms with Crippen LogP contribution >= 0.6 is 12.2 Å². The van der Waals surface area contributed by atoms with E-state index >= 15 is 0 Å². The summed E-state index contributed by atoms with van der Waals surface area (Å²) in [4.78, 5) is 20.4. The number of aromatic amines is 1. The zero-order chi connectivity index (χ0) is 14.7. The summed E-state index contributed by atoms with van der Waals surface area (Å²) in [5.41, 5.74) is 6.84. The SMILES string of the molecule is COc1c(N(C)c2ccc(C(N)=S)cc2)nc[nH]c1=O. The highest BCUT2D eigenvalue weighted by molar-refractivity contribution is 7.80.